The molecule has 0 radical (unpaired) electrons. The third kappa shape index (κ3) is 2.90. The summed E-state index contributed by atoms with van der Waals surface area (Å²) in [4.78, 5) is 8.10. The van der Waals surface area contributed by atoms with Crippen LogP contribution in [0.5, 0.6) is 0 Å². The van der Waals surface area contributed by atoms with Gasteiger partial charge in [-0.15, -0.1) is 0 Å². The van der Waals surface area contributed by atoms with Crippen LogP contribution in [0.25, 0.3) is 11.0 Å². The Morgan fingerprint density at radius 3 is 2.52 bits per heavy atom. The van der Waals surface area contributed by atoms with E-state index in [2.05, 4.69) is 9.97 Å². The van der Waals surface area contributed by atoms with Crippen LogP contribution >= 0.6 is 0 Å². The number of fused-ring (bicyclic) bond motifs is 1. The Labute approximate surface area is 153 Å². The van der Waals surface area contributed by atoms with Crippen molar-refractivity contribution in [3.8, 4) is 0 Å². The second-order valence-corrected chi connectivity index (χ2v) is 6.99. The number of aliphatic hydroxyl groups excluding tert-OH is 3. The van der Waals surface area contributed by atoms with Crippen LogP contribution in [0.2, 0.25) is 0 Å². The predicted octanol–water partition coefficient (Wildman–Crippen LogP) is 2.03. The molecule has 2 unspecified atom stereocenters. The van der Waals surface area contributed by atoms with Gasteiger partial charge in [0.25, 0.3) is 0 Å². The molecule has 1 aliphatic carbocycles. The van der Waals surface area contributed by atoms with E-state index in [1.165, 1.54) is 41.4 Å². The molecule has 6 nitrogen and oxygen atoms in total. The van der Waals surface area contributed by atoms with Crippen molar-refractivity contribution in [1.82, 2.24) is 14.5 Å². The summed E-state index contributed by atoms with van der Waals surface area (Å²) in [5.41, 5.74) is 1.25. The maximum atomic E-state index is 14.4. The van der Waals surface area contributed by atoms with Crippen molar-refractivity contribution in [1.29, 1.82) is 0 Å². The predicted molar refractivity (Wildman–Crippen MR) is 92.7 cm³/mol. The highest BCUT2D eigenvalue weighted by molar-refractivity contribution is 5.79. The maximum Gasteiger partial charge on any atom is 0.152 e. The van der Waals surface area contributed by atoms with E-state index in [9.17, 15) is 24.1 Å². The zero-order chi connectivity index (χ0) is 19.3. The molecular weight excluding hydrogens is 356 g/mol. The molecule has 3 N–H and O–H groups in total. The van der Waals surface area contributed by atoms with Crippen LogP contribution in [-0.2, 0) is 0 Å². The lowest BCUT2D eigenvalue weighted by Gasteiger charge is -2.22. The largest absolute Gasteiger partial charge is 0.390 e. The van der Waals surface area contributed by atoms with Crippen molar-refractivity contribution in [2.45, 2.75) is 37.7 Å². The number of hydrogen-bond donors (Lipinski definition) is 3. The summed E-state index contributed by atoms with van der Waals surface area (Å²) < 4.78 is 29.0. The highest BCUT2D eigenvalue weighted by Crippen LogP contribution is 2.43. The van der Waals surface area contributed by atoms with E-state index >= 15 is 0 Å². The van der Waals surface area contributed by atoms with Crippen molar-refractivity contribution in [3.63, 3.8) is 0 Å². The monoisotopic (exact) mass is 375 g/mol. The van der Waals surface area contributed by atoms with Crippen molar-refractivity contribution >= 4 is 11.0 Å². The molecular formula is C19H19F2N3O3. The summed E-state index contributed by atoms with van der Waals surface area (Å²) in [6.45, 7) is 1.67. The van der Waals surface area contributed by atoms with E-state index < -0.39 is 41.9 Å². The summed E-state index contributed by atoms with van der Waals surface area (Å²) in [7, 11) is 0. The van der Waals surface area contributed by atoms with E-state index in [-0.39, 0.29) is 11.8 Å². The first-order valence-electron chi connectivity index (χ1n) is 8.65. The number of hydrogen-bond acceptors (Lipinski definition) is 5. The SMILES string of the molecule is Cc1ncnc2c1c(F)cn2C1CC([C@@H](O)c2ccc(F)cc2)[C@@H](O)[C@H]1O. The maximum absolute atomic E-state index is 14.4. The quantitative estimate of drug-likeness (QED) is 0.652. The van der Waals surface area contributed by atoms with E-state index in [0.717, 1.165) is 0 Å². The van der Waals surface area contributed by atoms with Gasteiger partial charge in [-0.1, -0.05) is 12.1 Å². The number of halogens is 2. The van der Waals surface area contributed by atoms with Crippen molar-refractivity contribution < 1.29 is 24.1 Å². The molecule has 2 heterocycles. The molecule has 0 bridgehead atoms. The molecule has 1 aliphatic rings. The first-order valence-corrected chi connectivity index (χ1v) is 8.65. The Morgan fingerprint density at radius 1 is 1.11 bits per heavy atom. The Bertz CT molecular complexity index is 976. The fourth-order valence-corrected chi connectivity index (χ4v) is 3.98. The van der Waals surface area contributed by atoms with Gasteiger partial charge in [0.15, 0.2) is 5.82 Å². The minimum absolute atomic E-state index is 0.202. The molecule has 0 aliphatic heterocycles. The molecule has 1 saturated carbocycles. The number of aliphatic hydroxyl groups is 3. The summed E-state index contributed by atoms with van der Waals surface area (Å²) >= 11 is 0. The number of nitrogens with zero attached hydrogens (tertiary/aromatic N) is 3. The van der Waals surface area contributed by atoms with E-state index in [1.54, 1.807) is 6.92 Å². The zero-order valence-electron chi connectivity index (χ0n) is 14.5. The van der Waals surface area contributed by atoms with Gasteiger partial charge >= 0.3 is 0 Å². The highest BCUT2D eigenvalue weighted by Gasteiger charge is 2.46. The van der Waals surface area contributed by atoms with Gasteiger partial charge in [0.1, 0.15) is 23.9 Å². The van der Waals surface area contributed by atoms with E-state index in [1.807, 2.05) is 0 Å². The lowest BCUT2D eigenvalue weighted by molar-refractivity contribution is -0.0265. The normalized spacial score (nSPS) is 26.6. The van der Waals surface area contributed by atoms with Crippen LogP contribution in [0, 0.1) is 24.5 Å². The average molecular weight is 375 g/mol. The molecule has 0 saturated heterocycles. The Hall–Kier alpha value is -2.42. The van der Waals surface area contributed by atoms with Gasteiger partial charge in [-0.2, -0.15) is 0 Å². The fraction of sp³-hybridized carbons (Fsp3) is 0.368. The summed E-state index contributed by atoms with van der Waals surface area (Å²) in [5, 5.41) is 31.9. The van der Waals surface area contributed by atoms with Gasteiger partial charge < -0.3 is 19.9 Å². The second kappa shape index (κ2) is 6.63. The van der Waals surface area contributed by atoms with Crippen LogP contribution in [0.15, 0.2) is 36.8 Å². The molecule has 1 fully saturated rings. The van der Waals surface area contributed by atoms with Crippen molar-refractivity contribution in [2.24, 2.45) is 5.92 Å². The molecule has 1 aromatic carbocycles. The van der Waals surface area contributed by atoms with Gasteiger partial charge in [-0.3, -0.25) is 0 Å². The van der Waals surface area contributed by atoms with Gasteiger partial charge in [-0.05, 0) is 31.0 Å². The lowest BCUT2D eigenvalue weighted by atomic mass is 9.92. The molecule has 2 aromatic heterocycles. The standard InChI is InChI=1S/C19H19F2N3O3/c1-9-15-13(21)7-24(19(15)23-8-22-9)14-6-12(17(26)18(14)27)16(25)10-2-4-11(20)5-3-10/h2-5,7-8,12,14,16-18,25-27H,6H2,1H3/t12?,14?,16-,17+,18-/m0/s1. The van der Waals surface area contributed by atoms with Gasteiger partial charge in [0.2, 0.25) is 0 Å². The van der Waals surface area contributed by atoms with E-state index in [0.29, 0.717) is 16.9 Å². The average Bonchev–Trinajstić information content (AvgIpc) is 3.13. The number of aryl methyl sites for hydroxylation is 1. The van der Waals surface area contributed by atoms with Crippen LogP contribution < -0.4 is 0 Å². The molecule has 27 heavy (non-hydrogen) atoms. The summed E-state index contributed by atoms with van der Waals surface area (Å²) in [5.74, 6) is -1.63. The van der Waals surface area contributed by atoms with Gasteiger partial charge in [-0.25, -0.2) is 18.7 Å². The summed E-state index contributed by atoms with van der Waals surface area (Å²) in [6.07, 6.45) is -0.777. The van der Waals surface area contributed by atoms with Gasteiger partial charge in [0.05, 0.1) is 29.3 Å². The molecule has 142 valence electrons. The zero-order valence-corrected chi connectivity index (χ0v) is 14.5. The number of benzene rings is 1. The van der Waals surface area contributed by atoms with Crippen LogP contribution in [0.4, 0.5) is 8.78 Å². The van der Waals surface area contributed by atoms with Crippen molar-refractivity contribution in [2.75, 3.05) is 0 Å². The molecule has 0 spiro atoms. The third-order valence-corrected chi connectivity index (χ3v) is 5.42. The smallest absolute Gasteiger partial charge is 0.152 e. The van der Waals surface area contributed by atoms with Crippen LogP contribution in [0.1, 0.15) is 29.8 Å². The van der Waals surface area contributed by atoms with Gasteiger partial charge in [0, 0.05) is 12.1 Å². The lowest BCUT2D eigenvalue weighted by Crippen LogP contribution is -2.31. The van der Waals surface area contributed by atoms with Crippen LogP contribution in [0.3, 0.4) is 0 Å². The first-order chi connectivity index (χ1) is 12.9. The molecule has 5 atom stereocenters. The minimum atomic E-state index is -1.22. The van der Waals surface area contributed by atoms with E-state index in [4.69, 9.17) is 0 Å². The Balaban J connectivity index is 1.68. The second-order valence-electron chi connectivity index (χ2n) is 6.99. The van der Waals surface area contributed by atoms with Crippen LogP contribution in [-0.4, -0.2) is 42.1 Å². The minimum Gasteiger partial charge on any atom is -0.390 e. The Morgan fingerprint density at radius 2 is 1.81 bits per heavy atom. The molecule has 0 amide bonds. The topological polar surface area (TPSA) is 91.4 Å². The summed E-state index contributed by atoms with van der Waals surface area (Å²) in [6, 6.07) is 4.66. The highest BCUT2D eigenvalue weighted by atomic mass is 19.1. The number of aromatic nitrogens is 3. The number of rotatable bonds is 3. The molecule has 4 rings (SSSR count). The molecule has 3 aromatic rings. The van der Waals surface area contributed by atoms with Crippen molar-refractivity contribution in [3.05, 3.63) is 59.7 Å². The first kappa shape index (κ1) is 18.0. The molecule has 8 heteroatoms. The fourth-order valence-electron chi connectivity index (χ4n) is 3.98. The third-order valence-electron chi connectivity index (χ3n) is 5.42. The Kier molecular flexibility index (Phi) is 4.41.